The number of hydrogen-bond acceptors (Lipinski definition) is 5. The van der Waals surface area contributed by atoms with E-state index >= 15 is 0 Å². The van der Waals surface area contributed by atoms with Gasteiger partial charge in [0.2, 0.25) is 0 Å². The van der Waals surface area contributed by atoms with Crippen molar-refractivity contribution in [1.29, 1.82) is 0 Å². The number of rotatable bonds is 19. The Morgan fingerprint density at radius 2 is 0.722 bits per heavy atom. The molecule has 0 saturated heterocycles. The molecule has 4 unspecified atom stereocenters. The molecular formula is C63H55BrCl2F7NO5. The number of ether oxygens (including phenoxy) is 3. The minimum Gasteiger partial charge on any atom is -0.486 e. The van der Waals surface area contributed by atoms with Crippen molar-refractivity contribution in [2.75, 3.05) is 18.3 Å². The van der Waals surface area contributed by atoms with Gasteiger partial charge in [-0.15, -0.1) is 23.2 Å². The Hall–Kier alpha value is -7.13. The zero-order valence-corrected chi connectivity index (χ0v) is 45.8. The van der Waals surface area contributed by atoms with Crippen molar-refractivity contribution in [2.45, 2.75) is 62.2 Å². The second-order valence-electron chi connectivity index (χ2n) is 17.7. The van der Waals surface area contributed by atoms with Crippen molar-refractivity contribution in [1.82, 2.24) is 4.90 Å². The predicted molar refractivity (Wildman–Crippen MR) is 299 cm³/mol. The first-order chi connectivity index (χ1) is 38.1. The summed E-state index contributed by atoms with van der Waals surface area (Å²) in [4.78, 5) is 26.5. The van der Waals surface area contributed by atoms with Gasteiger partial charge in [-0.25, -0.2) is 30.7 Å². The molecule has 1 aliphatic heterocycles. The van der Waals surface area contributed by atoms with Gasteiger partial charge in [-0.1, -0.05) is 108 Å². The van der Waals surface area contributed by atoms with Crippen molar-refractivity contribution in [2.24, 2.45) is 0 Å². The van der Waals surface area contributed by atoms with E-state index in [0.29, 0.717) is 51.9 Å². The summed E-state index contributed by atoms with van der Waals surface area (Å²) < 4.78 is 110. The number of alkyl halides is 3. The summed E-state index contributed by atoms with van der Waals surface area (Å²) >= 11 is 14.7. The number of amides is 2. The summed E-state index contributed by atoms with van der Waals surface area (Å²) in [6.07, 6.45) is 1.88. The number of carbonyl (C=O) groups excluding carboxylic acids is 2. The van der Waals surface area contributed by atoms with Crippen molar-refractivity contribution in [3.63, 3.8) is 0 Å². The van der Waals surface area contributed by atoms with E-state index < -0.39 is 23.8 Å². The van der Waals surface area contributed by atoms with Crippen LogP contribution in [0.5, 0.6) is 17.2 Å². The summed E-state index contributed by atoms with van der Waals surface area (Å²) in [5.41, 5.74) is 3.66. The van der Waals surface area contributed by atoms with Gasteiger partial charge < -0.3 is 14.2 Å². The Morgan fingerprint density at radius 1 is 0.405 bits per heavy atom. The molecule has 8 aromatic carbocycles. The van der Waals surface area contributed by atoms with E-state index in [0.717, 1.165) is 35.3 Å². The number of carbonyl (C=O) groups is 2. The molecule has 9 rings (SSSR count). The molecule has 2 amide bonds. The first kappa shape index (κ1) is 61.1. The molecule has 1 aliphatic rings. The number of benzene rings is 8. The highest BCUT2D eigenvalue weighted by Gasteiger charge is 2.35. The summed E-state index contributed by atoms with van der Waals surface area (Å²) in [7, 11) is 0. The molecule has 412 valence electrons. The number of halogens is 10. The van der Waals surface area contributed by atoms with E-state index in [1.165, 1.54) is 91.0 Å². The molecule has 16 heteroatoms. The van der Waals surface area contributed by atoms with Gasteiger partial charge in [-0.05, 0) is 132 Å². The molecule has 0 aliphatic carbocycles. The smallest absolute Gasteiger partial charge is 0.261 e. The average molecular weight is 1190 g/mol. The Morgan fingerprint density at radius 3 is 1.06 bits per heavy atom. The fourth-order valence-corrected chi connectivity index (χ4v) is 9.32. The molecule has 4 atom stereocenters. The van der Waals surface area contributed by atoms with Gasteiger partial charge in [-0.2, -0.15) is 0 Å². The monoisotopic (exact) mass is 1190 g/mol. The van der Waals surface area contributed by atoms with Gasteiger partial charge in [0.05, 0.1) is 11.1 Å². The fraction of sp³-hybridized carbons (Fsp3) is 0.206. The number of nitrogens with zero attached hydrogens (tertiary/aromatic N) is 1. The highest BCUT2D eigenvalue weighted by atomic mass is 79.9. The molecule has 0 radical (unpaired) electrons. The molecule has 0 spiro atoms. The van der Waals surface area contributed by atoms with Gasteiger partial charge in [0.1, 0.15) is 76.3 Å². The van der Waals surface area contributed by atoms with E-state index in [1.807, 2.05) is 19.1 Å². The van der Waals surface area contributed by atoms with Gasteiger partial charge in [-0.3, -0.25) is 14.5 Å². The zero-order valence-electron chi connectivity index (χ0n) is 42.7. The summed E-state index contributed by atoms with van der Waals surface area (Å²) in [6.45, 7) is 2.12. The van der Waals surface area contributed by atoms with E-state index in [1.54, 1.807) is 91.0 Å². The Labute approximate surface area is 473 Å². The van der Waals surface area contributed by atoms with Crippen LogP contribution in [0.15, 0.2) is 194 Å². The van der Waals surface area contributed by atoms with Gasteiger partial charge in [0.25, 0.3) is 11.8 Å². The fourth-order valence-electron chi connectivity index (χ4n) is 8.13. The van der Waals surface area contributed by atoms with Crippen LogP contribution in [0.3, 0.4) is 0 Å². The molecule has 0 fully saturated rings. The van der Waals surface area contributed by atoms with E-state index in [9.17, 15) is 40.3 Å². The first-order valence-electron chi connectivity index (χ1n) is 25.1. The van der Waals surface area contributed by atoms with Crippen LogP contribution in [-0.2, 0) is 0 Å². The third-order valence-corrected chi connectivity index (χ3v) is 13.3. The molecule has 1 heterocycles. The lowest BCUT2D eigenvalue weighted by molar-refractivity contribution is 0.0629. The predicted octanol–water partition coefficient (Wildman–Crippen LogP) is 18.3. The Kier molecular flexibility index (Phi) is 24.3. The molecule has 0 aromatic heterocycles. The quantitative estimate of drug-likeness (QED) is 0.0459. The highest BCUT2D eigenvalue weighted by Crippen LogP contribution is 2.32. The molecule has 0 saturated carbocycles. The summed E-state index contributed by atoms with van der Waals surface area (Å²) in [5.74, 6) is -1.08. The molecule has 6 nitrogen and oxygen atoms in total. The van der Waals surface area contributed by atoms with Crippen molar-refractivity contribution in [3.8, 4) is 17.2 Å². The van der Waals surface area contributed by atoms with Crippen LogP contribution in [0.2, 0.25) is 0 Å². The van der Waals surface area contributed by atoms with Crippen LogP contribution in [0, 0.1) is 40.7 Å². The van der Waals surface area contributed by atoms with Crippen molar-refractivity contribution >= 4 is 50.9 Å². The maximum absolute atomic E-state index is 13.7. The number of fused-ring (bicyclic) bond motifs is 1. The zero-order chi connectivity index (χ0) is 56.7. The van der Waals surface area contributed by atoms with Gasteiger partial charge >= 0.3 is 0 Å². The van der Waals surface area contributed by atoms with E-state index in [2.05, 4.69) is 15.9 Å². The van der Waals surface area contributed by atoms with E-state index in [-0.39, 0.29) is 70.5 Å². The van der Waals surface area contributed by atoms with Crippen LogP contribution in [-0.4, -0.2) is 35.0 Å². The van der Waals surface area contributed by atoms with Crippen LogP contribution in [0.25, 0.3) is 0 Å². The lowest BCUT2D eigenvalue weighted by Gasteiger charge is -2.22. The molecule has 0 bridgehead atoms. The molecule has 0 N–H and O–H groups in total. The summed E-state index contributed by atoms with van der Waals surface area (Å²) in [5, 5.41) is 0. The third kappa shape index (κ3) is 19.3. The van der Waals surface area contributed by atoms with Gasteiger partial charge in [0, 0.05) is 54.2 Å². The van der Waals surface area contributed by atoms with Crippen molar-refractivity contribution in [3.05, 3.63) is 268 Å². The molecular weight excluding hydrogens is 1130 g/mol. The van der Waals surface area contributed by atoms with Crippen molar-refractivity contribution < 1.29 is 54.5 Å². The Bertz CT molecular complexity index is 3090. The lowest BCUT2D eigenvalue weighted by atomic mass is 10.0. The lowest BCUT2D eigenvalue weighted by Crippen LogP contribution is -2.32. The Balaban J connectivity index is 0.000000178. The SMILES string of the molecule is CCCC(Oc1cccc(F)c1)c1cccc(F)c1.Fc1cccc(C(Br)CCCl)c1.Fc1cccc(OC(CCCl)c2cccc(F)c2)c1.O=C1c2ccccc2C(=O)N1CCC(Oc1cccc(F)c1)c1cccc(F)c1. The van der Waals surface area contributed by atoms with Crippen LogP contribution in [0.4, 0.5) is 30.7 Å². The number of hydrogen-bond donors (Lipinski definition) is 0. The minimum atomic E-state index is -0.670. The maximum Gasteiger partial charge on any atom is 0.261 e. The summed E-state index contributed by atoms with van der Waals surface area (Å²) in [6, 6.07) is 49.0. The molecule has 79 heavy (non-hydrogen) atoms. The maximum atomic E-state index is 13.7. The standard InChI is InChI=1S/C23H17F2NO3.C16H16F2O.C15H13ClF2O.C9H9BrClF/c24-16-6-3-5-15(13-16)21(29-18-8-4-7-17(25)14-18)11-12-26-22(27)19-9-1-2-10-20(19)23(26)28;1-2-5-16(12-6-3-7-13(17)10-12)19-15-9-4-8-14(18)11-15;16-8-7-15(11-3-1-4-12(17)9-11)19-14-6-2-5-13(18)10-14;10-9(4-5-11)7-2-1-3-8(12)6-7/h1-10,13-14,21H,11-12H2;3-4,6-11,16H,2,5H2,1H3;1-6,9-10,15H,7-8H2;1-3,6,9H,4-5H2. The first-order valence-corrected chi connectivity index (χ1v) is 27.1. The van der Waals surface area contributed by atoms with E-state index in [4.69, 9.17) is 37.4 Å². The minimum absolute atomic E-state index is 0.0862. The van der Waals surface area contributed by atoms with Crippen LogP contribution < -0.4 is 14.2 Å². The second-order valence-corrected chi connectivity index (χ2v) is 19.6. The topological polar surface area (TPSA) is 65.1 Å². The van der Waals surface area contributed by atoms with Crippen LogP contribution >= 0.6 is 39.1 Å². The number of imide groups is 1. The van der Waals surface area contributed by atoms with Crippen LogP contribution in [0.1, 0.15) is 105 Å². The normalized spacial score (nSPS) is 13.0. The second kappa shape index (κ2) is 31.5. The third-order valence-electron chi connectivity index (χ3n) is 11.9. The largest absolute Gasteiger partial charge is 0.486 e. The average Bonchev–Trinajstić information content (AvgIpc) is 3.82. The highest BCUT2D eigenvalue weighted by molar-refractivity contribution is 9.09. The molecule has 8 aromatic rings. The van der Waals surface area contributed by atoms with Gasteiger partial charge in [0.15, 0.2) is 0 Å².